The summed E-state index contributed by atoms with van der Waals surface area (Å²) in [6, 6.07) is 1.76. The number of hydrogen-bond donors (Lipinski definition) is 0. The summed E-state index contributed by atoms with van der Waals surface area (Å²) in [5, 5.41) is 4.23. The summed E-state index contributed by atoms with van der Waals surface area (Å²) in [4.78, 5) is 28.2. The molecule has 2 fully saturated rings. The van der Waals surface area contributed by atoms with E-state index in [2.05, 4.69) is 5.10 Å². The Morgan fingerprint density at radius 3 is 2.29 bits per heavy atom. The van der Waals surface area contributed by atoms with Crippen LogP contribution in [0.5, 0.6) is 0 Å². The Bertz CT molecular complexity index is 614. The van der Waals surface area contributed by atoms with Gasteiger partial charge in [0.25, 0.3) is 0 Å². The maximum atomic E-state index is 13.0. The molecule has 0 aromatic carbocycles. The predicted octanol–water partition coefficient (Wildman–Crippen LogP) is 1.33. The zero-order valence-electron chi connectivity index (χ0n) is 13.9. The van der Waals surface area contributed by atoms with Crippen LogP contribution in [0.2, 0.25) is 0 Å². The first-order valence-electron chi connectivity index (χ1n) is 8.14. The van der Waals surface area contributed by atoms with E-state index in [9.17, 15) is 18.4 Å². The minimum atomic E-state index is -2.70. The van der Waals surface area contributed by atoms with Crippen molar-refractivity contribution in [1.82, 2.24) is 19.6 Å². The van der Waals surface area contributed by atoms with Crippen LogP contribution in [0, 0.1) is 5.92 Å². The maximum Gasteiger partial charge on any atom is 0.250 e. The van der Waals surface area contributed by atoms with Crippen molar-refractivity contribution in [2.75, 3.05) is 27.2 Å². The third-order valence-corrected chi connectivity index (χ3v) is 5.09. The molecule has 0 bridgehead atoms. The van der Waals surface area contributed by atoms with Crippen LogP contribution in [0.3, 0.4) is 0 Å². The quantitative estimate of drug-likeness (QED) is 0.834. The van der Waals surface area contributed by atoms with E-state index in [1.54, 1.807) is 42.1 Å². The van der Waals surface area contributed by atoms with Crippen molar-refractivity contribution < 1.29 is 18.4 Å². The van der Waals surface area contributed by atoms with Crippen LogP contribution in [0.25, 0.3) is 0 Å². The lowest BCUT2D eigenvalue weighted by Crippen LogP contribution is -2.57. The van der Waals surface area contributed by atoms with E-state index in [1.807, 2.05) is 0 Å². The van der Waals surface area contributed by atoms with E-state index in [0.29, 0.717) is 25.9 Å². The molecule has 1 saturated heterocycles. The largest absolute Gasteiger partial charge is 0.347 e. The number of rotatable bonds is 3. The second-order valence-corrected chi connectivity index (χ2v) is 6.97. The number of likely N-dealkylation sites (N-methyl/N-ethyl adjacent to an activating group) is 1. The summed E-state index contributed by atoms with van der Waals surface area (Å²) in [5.41, 5.74) is -0.812. The lowest BCUT2D eigenvalue weighted by Gasteiger charge is -2.44. The van der Waals surface area contributed by atoms with Gasteiger partial charge in [-0.05, 0) is 18.9 Å². The number of aromatic nitrogens is 2. The average molecular weight is 340 g/mol. The predicted molar refractivity (Wildman–Crippen MR) is 82.4 cm³/mol. The van der Waals surface area contributed by atoms with Crippen LogP contribution in [0.1, 0.15) is 25.7 Å². The van der Waals surface area contributed by atoms with Crippen molar-refractivity contribution in [3.63, 3.8) is 0 Å². The highest BCUT2D eigenvalue weighted by molar-refractivity contribution is 5.85. The highest BCUT2D eigenvalue weighted by Gasteiger charge is 2.51. The molecule has 0 N–H and O–H groups in total. The van der Waals surface area contributed by atoms with Gasteiger partial charge in [0.15, 0.2) is 0 Å². The lowest BCUT2D eigenvalue weighted by molar-refractivity contribution is -0.163. The van der Waals surface area contributed by atoms with Gasteiger partial charge < -0.3 is 9.80 Å². The third-order valence-electron chi connectivity index (χ3n) is 5.09. The number of carbonyl (C=O) groups excluding carboxylic acids is 2. The monoisotopic (exact) mass is 340 g/mol. The van der Waals surface area contributed by atoms with E-state index in [-0.39, 0.29) is 24.7 Å². The summed E-state index contributed by atoms with van der Waals surface area (Å²) >= 11 is 0. The number of halogens is 2. The first-order valence-corrected chi connectivity index (χ1v) is 8.14. The van der Waals surface area contributed by atoms with Crippen molar-refractivity contribution in [3.05, 3.63) is 18.5 Å². The van der Waals surface area contributed by atoms with Crippen LogP contribution in [-0.4, -0.2) is 64.5 Å². The molecule has 1 saturated carbocycles. The molecule has 0 atom stereocenters. The summed E-state index contributed by atoms with van der Waals surface area (Å²) in [5.74, 6) is -3.56. The Hall–Kier alpha value is -1.99. The van der Waals surface area contributed by atoms with Gasteiger partial charge >= 0.3 is 0 Å². The molecule has 8 heteroatoms. The van der Waals surface area contributed by atoms with Gasteiger partial charge in [-0.2, -0.15) is 5.10 Å². The molecule has 0 spiro atoms. The van der Waals surface area contributed by atoms with Gasteiger partial charge in [-0.15, -0.1) is 0 Å². The van der Waals surface area contributed by atoms with Crippen molar-refractivity contribution in [3.8, 4) is 0 Å². The standard InChI is InChI=1S/C16H22F2N4O2/c1-20(2)14(24)15(22-7-3-6-19-22)4-8-21(9-5-15)13(23)12-10-16(17,18)11-12/h3,6-7,12H,4-5,8-11H2,1-2H3. The first-order chi connectivity index (χ1) is 11.3. The summed E-state index contributed by atoms with van der Waals surface area (Å²) < 4.78 is 27.6. The fourth-order valence-corrected chi connectivity index (χ4v) is 3.67. The van der Waals surface area contributed by atoms with Crippen LogP contribution >= 0.6 is 0 Å². The lowest BCUT2D eigenvalue weighted by atomic mass is 9.79. The molecule has 6 nitrogen and oxygen atoms in total. The second-order valence-electron chi connectivity index (χ2n) is 6.97. The van der Waals surface area contributed by atoms with E-state index >= 15 is 0 Å². The Balaban J connectivity index is 1.71. The van der Waals surface area contributed by atoms with E-state index in [1.165, 1.54) is 4.90 Å². The number of piperidine rings is 1. The minimum absolute atomic E-state index is 0.0616. The van der Waals surface area contributed by atoms with Gasteiger partial charge in [0.1, 0.15) is 5.54 Å². The van der Waals surface area contributed by atoms with Crippen molar-refractivity contribution in [2.24, 2.45) is 5.92 Å². The van der Waals surface area contributed by atoms with Crippen molar-refractivity contribution >= 4 is 11.8 Å². The number of amides is 2. The Labute approximate surface area is 139 Å². The smallest absolute Gasteiger partial charge is 0.250 e. The molecule has 0 unspecified atom stereocenters. The van der Waals surface area contributed by atoms with Gasteiger partial charge in [0.05, 0.1) is 0 Å². The molecule has 1 aromatic heterocycles. The van der Waals surface area contributed by atoms with Crippen LogP contribution < -0.4 is 0 Å². The summed E-state index contributed by atoms with van der Waals surface area (Å²) in [6.07, 6.45) is 3.53. The fourth-order valence-electron chi connectivity index (χ4n) is 3.67. The molecule has 2 amide bonds. The Kier molecular flexibility index (Phi) is 4.09. The Morgan fingerprint density at radius 2 is 1.83 bits per heavy atom. The SMILES string of the molecule is CN(C)C(=O)C1(n2cccn2)CCN(C(=O)C2CC(F)(F)C2)CC1. The van der Waals surface area contributed by atoms with Crippen LogP contribution in [0.15, 0.2) is 18.5 Å². The average Bonchev–Trinajstić information content (AvgIpc) is 3.06. The molecule has 2 aliphatic rings. The maximum absolute atomic E-state index is 13.0. The first kappa shape index (κ1) is 16.9. The minimum Gasteiger partial charge on any atom is -0.347 e. The fraction of sp³-hybridized carbons (Fsp3) is 0.688. The number of hydrogen-bond acceptors (Lipinski definition) is 3. The number of nitrogens with zero attached hydrogens (tertiary/aromatic N) is 4. The number of likely N-dealkylation sites (tertiary alicyclic amines) is 1. The van der Waals surface area contributed by atoms with Gasteiger partial charge in [-0.1, -0.05) is 0 Å². The molecule has 1 aliphatic heterocycles. The van der Waals surface area contributed by atoms with E-state index in [4.69, 9.17) is 0 Å². The van der Waals surface area contributed by atoms with Gasteiger partial charge in [-0.25, -0.2) is 8.78 Å². The molecule has 1 aliphatic carbocycles. The number of carbonyl (C=O) groups is 2. The zero-order chi connectivity index (χ0) is 17.5. The normalized spacial score (nSPS) is 22.8. The molecular weight excluding hydrogens is 318 g/mol. The van der Waals surface area contributed by atoms with E-state index < -0.39 is 17.4 Å². The molecule has 24 heavy (non-hydrogen) atoms. The molecule has 3 rings (SSSR count). The van der Waals surface area contributed by atoms with Gasteiger partial charge in [-0.3, -0.25) is 14.3 Å². The highest BCUT2D eigenvalue weighted by atomic mass is 19.3. The molecule has 0 radical (unpaired) electrons. The van der Waals surface area contributed by atoms with Crippen LogP contribution in [0.4, 0.5) is 8.78 Å². The topological polar surface area (TPSA) is 58.4 Å². The zero-order valence-corrected chi connectivity index (χ0v) is 13.9. The summed E-state index contributed by atoms with van der Waals surface area (Å²) in [7, 11) is 3.39. The molecule has 2 heterocycles. The summed E-state index contributed by atoms with van der Waals surface area (Å²) in [6.45, 7) is 0.751. The van der Waals surface area contributed by atoms with Crippen molar-refractivity contribution in [1.29, 1.82) is 0 Å². The molecule has 1 aromatic rings. The van der Waals surface area contributed by atoms with Gasteiger partial charge in [0.2, 0.25) is 17.7 Å². The van der Waals surface area contributed by atoms with Gasteiger partial charge in [0, 0.05) is 58.3 Å². The van der Waals surface area contributed by atoms with Crippen LogP contribution in [-0.2, 0) is 15.1 Å². The molecule has 132 valence electrons. The third kappa shape index (κ3) is 2.78. The van der Waals surface area contributed by atoms with Crippen molar-refractivity contribution in [2.45, 2.75) is 37.1 Å². The number of alkyl halides is 2. The second kappa shape index (κ2) is 5.82. The Morgan fingerprint density at radius 1 is 1.21 bits per heavy atom. The highest BCUT2D eigenvalue weighted by Crippen LogP contribution is 2.44. The molecular formula is C16H22F2N4O2. The van der Waals surface area contributed by atoms with E-state index in [0.717, 1.165) is 0 Å².